The molecule has 0 radical (unpaired) electrons. The quantitative estimate of drug-likeness (QED) is 0.628. The third kappa shape index (κ3) is 2.86. The van der Waals surface area contributed by atoms with E-state index >= 15 is 0 Å². The van der Waals surface area contributed by atoms with Crippen molar-refractivity contribution < 1.29 is 4.79 Å². The zero-order valence-electron chi connectivity index (χ0n) is 12.9. The van der Waals surface area contributed by atoms with Crippen molar-refractivity contribution in [1.82, 2.24) is 9.97 Å². The van der Waals surface area contributed by atoms with Crippen molar-refractivity contribution in [3.05, 3.63) is 16.3 Å². The van der Waals surface area contributed by atoms with Crippen LogP contribution in [-0.4, -0.2) is 21.5 Å². The van der Waals surface area contributed by atoms with Gasteiger partial charge in [-0.3, -0.25) is 4.79 Å². The van der Waals surface area contributed by atoms with Crippen molar-refractivity contribution in [3.63, 3.8) is 0 Å². The van der Waals surface area contributed by atoms with Crippen molar-refractivity contribution in [1.29, 1.82) is 0 Å². The molecule has 0 atom stereocenters. The number of rotatable bonds is 3. The maximum atomic E-state index is 12.2. The summed E-state index contributed by atoms with van der Waals surface area (Å²) in [6.07, 6.45) is 3.53. The summed E-state index contributed by atoms with van der Waals surface area (Å²) in [5.41, 5.74) is 1.14. The molecule has 3 rings (SSSR count). The lowest BCUT2D eigenvalue weighted by Gasteiger charge is -2.16. The van der Waals surface area contributed by atoms with Gasteiger partial charge in [-0.1, -0.05) is 32.5 Å². The molecule has 112 valence electrons. The van der Waals surface area contributed by atoms with Gasteiger partial charge in [-0.05, 0) is 31.7 Å². The number of carbonyl (C=O) groups excluding carboxylic acids is 1. The van der Waals surface area contributed by atoms with Gasteiger partial charge >= 0.3 is 0 Å². The first kappa shape index (κ1) is 15.0. The van der Waals surface area contributed by atoms with E-state index in [-0.39, 0.29) is 11.2 Å². The second kappa shape index (κ2) is 5.36. The summed E-state index contributed by atoms with van der Waals surface area (Å²) in [6, 6.07) is 0. The minimum atomic E-state index is -0.287. The zero-order chi connectivity index (χ0) is 15.2. The number of fused-ring (bicyclic) bond motifs is 3. The minimum absolute atomic E-state index is 0.267. The average Bonchev–Trinajstić information content (AvgIpc) is 2.93. The maximum Gasteiger partial charge on any atom is 0.148 e. The van der Waals surface area contributed by atoms with E-state index in [4.69, 9.17) is 0 Å². The van der Waals surface area contributed by atoms with Crippen molar-refractivity contribution in [2.75, 3.05) is 5.75 Å². The molecular formula is C16H20N2OS2. The molecule has 0 spiro atoms. The van der Waals surface area contributed by atoms with Gasteiger partial charge in [-0.25, -0.2) is 9.97 Å². The molecule has 0 bridgehead atoms. The predicted octanol–water partition coefficient (Wildman–Crippen LogP) is 4.20. The third-order valence-electron chi connectivity index (χ3n) is 3.82. The van der Waals surface area contributed by atoms with E-state index in [9.17, 15) is 4.79 Å². The molecule has 0 saturated heterocycles. The fourth-order valence-electron chi connectivity index (χ4n) is 2.52. The first-order valence-electron chi connectivity index (χ1n) is 7.31. The number of Topliss-reactive ketones (excluding diaryl/α,β-unsaturated/α-hetero) is 1. The highest BCUT2D eigenvalue weighted by atomic mass is 32.2. The largest absolute Gasteiger partial charge is 0.298 e. The van der Waals surface area contributed by atoms with Gasteiger partial charge in [-0.15, -0.1) is 11.3 Å². The number of hydrogen-bond donors (Lipinski definition) is 0. The Hall–Kier alpha value is -0.940. The van der Waals surface area contributed by atoms with E-state index in [0.717, 1.165) is 22.1 Å². The standard InChI is InChI=1S/C16H20N2OS2/c1-9-17-14(20-8-12(19)16(2,3)4)13-10-6-5-7-11(10)21-15(13)18-9/h5-8H2,1-4H3. The lowest BCUT2D eigenvalue weighted by molar-refractivity contribution is -0.123. The fraction of sp³-hybridized carbons (Fsp3) is 0.562. The number of thiophene rings is 1. The summed E-state index contributed by atoms with van der Waals surface area (Å²) >= 11 is 3.38. The summed E-state index contributed by atoms with van der Waals surface area (Å²) in [6.45, 7) is 7.84. The van der Waals surface area contributed by atoms with E-state index in [1.165, 1.54) is 28.7 Å². The van der Waals surface area contributed by atoms with Crippen molar-refractivity contribution >= 4 is 39.1 Å². The first-order chi connectivity index (χ1) is 9.86. The number of hydrogen-bond acceptors (Lipinski definition) is 5. The molecule has 0 fully saturated rings. The highest BCUT2D eigenvalue weighted by molar-refractivity contribution is 8.00. The Labute approximate surface area is 133 Å². The Balaban J connectivity index is 1.96. The molecule has 0 amide bonds. The van der Waals surface area contributed by atoms with Crippen LogP contribution in [0.4, 0.5) is 0 Å². The second-order valence-electron chi connectivity index (χ2n) is 6.58. The summed E-state index contributed by atoms with van der Waals surface area (Å²) in [4.78, 5) is 23.9. The zero-order valence-corrected chi connectivity index (χ0v) is 14.6. The summed E-state index contributed by atoms with van der Waals surface area (Å²) < 4.78 is 0. The van der Waals surface area contributed by atoms with Crippen LogP contribution in [0.2, 0.25) is 0 Å². The number of ketones is 1. The molecule has 0 N–H and O–H groups in total. The Morgan fingerprint density at radius 2 is 2.05 bits per heavy atom. The Bertz CT molecular complexity index is 713. The van der Waals surface area contributed by atoms with Crippen LogP contribution in [0, 0.1) is 12.3 Å². The van der Waals surface area contributed by atoms with Crippen molar-refractivity contribution in [2.45, 2.75) is 52.0 Å². The first-order valence-corrected chi connectivity index (χ1v) is 9.11. The van der Waals surface area contributed by atoms with Crippen LogP contribution in [0.25, 0.3) is 10.2 Å². The van der Waals surface area contributed by atoms with Crippen molar-refractivity contribution in [2.24, 2.45) is 5.41 Å². The molecule has 1 aliphatic carbocycles. The third-order valence-corrected chi connectivity index (χ3v) is 5.98. The fourth-order valence-corrected chi connectivity index (χ4v) is 5.15. The highest BCUT2D eigenvalue weighted by Crippen LogP contribution is 2.40. The lowest BCUT2D eigenvalue weighted by Crippen LogP contribution is -2.22. The number of nitrogens with zero attached hydrogens (tertiary/aromatic N) is 2. The number of carbonyl (C=O) groups is 1. The Morgan fingerprint density at radius 3 is 2.76 bits per heavy atom. The van der Waals surface area contributed by atoms with Gasteiger partial charge in [0.25, 0.3) is 0 Å². The summed E-state index contributed by atoms with van der Waals surface area (Å²) in [5, 5.41) is 2.21. The summed E-state index contributed by atoms with van der Waals surface area (Å²) in [5.74, 6) is 1.55. The van der Waals surface area contributed by atoms with Gasteiger partial charge in [0.1, 0.15) is 21.5 Å². The van der Waals surface area contributed by atoms with Gasteiger partial charge < -0.3 is 0 Å². The van der Waals surface area contributed by atoms with Gasteiger partial charge in [0, 0.05) is 15.7 Å². The van der Waals surface area contributed by atoms with Crippen LogP contribution >= 0.6 is 23.1 Å². The van der Waals surface area contributed by atoms with E-state index < -0.39 is 0 Å². The Morgan fingerprint density at radius 1 is 1.29 bits per heavy atom. The molecule has 0 aliphatic heterocycles. The Kier molecular flexibility index (Phi) is 3.82. The second-order valence-corrected chi connectivity index (χ2v) is 8.62. The van der Waals surface area contributed by atoms with Crippen LogP contribution < -0.4 is 0 Å². The topological polar surface area (TPSA) is 42.9 Å². The summed E-state index contributed by atoms with van der Waals surface area (Å²) in [7, 11) is 0. The van der Waals surface area contributed by atoms with Crippen LogP contribution in [0.5, 0.6) is 0 Å². The molecule has 0 aromatic carbocycles. The van der Waals surface area contributed by atoms with Gasteiger partial charge in [0.05, 0.1) is 5.75 Å². The van der Waals surface area contributed by atoms with Crippen LogP contribution in [0.3, 0.4) is 0 Å². The normalized spacial score (nSPS) is 14.7. The molecule has 2 heterocycles. The molecule has 0 unspecified atom stereocenters. The lowest BCUT2D eigenvalue weighted by atomic mass is 9.92. The van der Waals surface area contributed by atoms with E-state index in [0.29, 0.717) is 5.75 Å². The van der Waals surface area contributed by atoms with Crippen LogP contribution in [-0.2, 0) is 17.6 Å². The number of aryl methyl sites for hydroxylation is 3. The molecule has 0 saturated carbocycles. The minimum Gasteiger partial charge on any atom is -0.298 e. The molecule has 21 heavy (non-hydrogen) atoms. The SMILES string of the molecule is Cc1nc(SCC(=O)C(C)(C)C)c2c3c(sc2n1)CCC3. The molecule has 2 aromatic heterocycles. The molecule has 1 aliphatic rings. The van der Waals surface area contributed by atoms with E-state index in [2.05, 4.69) is 9.97 Å². The number of aromatic nitrogens is 2. The van der Waals surface area contributed by atoms with E-state index in [1.807, 2.05) is 27.7 Å². The number of thioether (sulfide) groups is 1. The highest BCUT2D eigenvalue weighted by Gasteiger charge is 2.24. The van der Waals surface area contributed by atoms with E-state index in [1.54, 1.807) is 23.1 Å². The van der Waals surface area contributed by atoms with Gasteiger partial charge in [-0.2, -0.15) is 0 Å². The molecule has 2 aromatic rings. The van der Waals surface area contributed by atoms with Gasteiger partial charge in [0.2, 0.25) is 0 Å². The monoisotopic (exact) mass is 320 g/mol. The predicted molar refractivity (Wildman–Crippen MR) is 89.4 cm³/mol. The van der Waals surface area contributed by atoms with Crippen LogP contribution in [0.1, 0.15) is 43.5 Å². The molecular weight excluding hydrogens is 300 g/mol. The van der Waals surface area contributed by atoms with Crippen molar-refractivity contribution in [3.8, 4) is 0 Å². The average molecular weight is 320 g/mol. The molecule has 5 heteroatoms. The van der Waals surface area contributed by atoms with Crippen LogP contribution in [0.15, 0.2) is 5.03 Å². The smallest absolute Gasteiger partial charge is 0.148 e. The molecule has 3 nitrogen and oxygen atoms in total. The maximum absolute atomic E-state index is 12.2. The van der Waals surface area contributed by atoms with Gasteiger partial charge in [0.15, 0.2) is 0 Å².